The topological polar surface area (TPSA) is 42.7 Å². The highest BCUT2D eigenvalue weighted by atomic mass is 15.3. The second-order valence-corrected chi connectivity index (χ2v) is 4.43. The van der Waals surface area contributed by atoms with E-state index in [4.69, 9.17) is 0 Å². The van der Waals surface area contributed by atoms with Crippen molar-refractivity contribution in [2.75, 3.05) is 11.9 Å². The lowest BCUT2D eigenvalue weighted by atomic mass is 10.2. The Bertz CT molecular complexity index is 641. The van der Waals surface area contributed by atoms with E-state index in [1.807, 2.05) is 53.6 Å². The highest BCUT2D eigenvalue weighted by Gasteiger charge is 2.00. The van der Waals surface area contributed by atoms with Crippen LogP contribution in [0.5, 0.6) is 0 Å². The van der Waals surface area contributed by atoms with Crippen LogP contribution in [0.3, 0.4) is 0 Å². The first-order valence-corrected chi connectivity index (χ1v) is 6.48. The molecular formula is C15H16N4. The van der Waals surface area contributed by atoms with E-state index in [1.54, 1.807) is 0 Å². The lowest BCUT2D eigenvalue weighted by Gasteiger charge is -2.09. The molecule has 4 heteroatoms. The number of aryl methyl sites for hydroxylation is 1. The van der Waals surface area contributed by atoms with Gasteiger partial charge in [0.1, 0.15) is 0 Å². The lowest BCUT2D eigenvalue weighted by Crippen LogP contribution is -2.07. The van der Waals surface area contributed by atoms with E-state index in [-0.39, 0.29) is 0 Å². The molecule has 4 nitrogen and oxygen atoms in total. The molecule has 0 saturated heterocycles. The molecule has 0 radical (unpaired) electrons. The Hall–Kier alpha value is -2.36. The van der Waals surface area contributed by atoms with Crippen LogP contribution in [0.25, 0.3) is 10.9 Å². The van der Waals surface area contributed by atoms with Crippen molar-refractivity contribution in [3.63, 3.8) is 0 Å². The van der Waals surface area contributed by atoms with Crippen LogP contribution in [-0.4, -0.2) is 21.3 Å². The summed E-state index contributed by atoms with van der Waals surface area (Å²) in [5.74, 6) is 0. The van der Waals surface area contributed by atoms with Gasteiger partial charge in [0, 0.05) is 42.8 Å². The molecule has 0 unspecified atom stereocenters. The highest BCUT2D eigenvalue weighted by Crippen LogP contribution is 2.20. The van der Waals surface area contributed by atoms with Gasteiger partial charge in [-0.3, -0.25) is 9.67 Å². The van der Waals surface area contributed by atoms with Gasteiger partial charge in [0.25, 0.3) is 0 Å². The zero-order chi connectivity index (χ0) is 12.9. The quantitative estimate of drug-likeness (QED) is 0.710. The van der Waals surface area contributed by atoms with Crippen molar-refractivity contribution < 1.29 is 0 Å². The molecule has 0 aliphatic rings. The molecule has 3 aromatic rings. The molecule has 0 aliphatic heterocycles. The fourth-order valence-corrected chi connectivity index (χ4v) is 2.15. The summed E-state index contributed by atoms with van der Waals surface area (Å²) >= 11 is 0. The number of nitrogens with zero attached hydrogens (tertiary/aromatic N) is 3. The highest BCUT2D eigenvalue weighted by molar-refractivity contribution is 5.90. The van der Waals surface area contributed by atoms with E-state index >= 15 is 0 Å². The van der Waals surface area contributed by atoms with Crippen LogP contribution in [-0.2, 0) is 6.54 Å². The van der Waals surface area contributed by atoms with Gasteiger partial charge in [0.05, 0.1) is 5.52 Å². The molecule has 0 spiro atoms. The number of nitrogens with one attached hydrogen (secondary N) is 1. The molecule has 0 amide bonds. The fourth-order valence-electron chi connectivity index (χ4n) is 2.15. The van der Waals surface area contributed by atoms with Gasteiger partial charge in [-0.1, -0.05) is 18.2 Å². The summed E-state index contributed by atoms with van der Waals surface area (Å²) in [7, 11) is 0. The van der Waals surface area contributed by atoms with Gasteiger partial charge < -0.3 is 5.32 Å². The van der Waals surface area contributed by atoms with Gasteiger partial charge in [-0.2, -0.15) is 5.10 Å². The average molecular weight is 252 g/mol. The molecule has 2 aromatic heterocycles. The number of aromatic nitrogens is 3. The predicted octanol–water partition coefficient (Wildman–Crippen LogP) is 2.93. The number of rotatable bonds is 5. The second kappa shape index (κ2) is 5.52. The molecule has 19 heavy (non-hydrogen) atoms. The second-order valence-electron chi connectivity index (χ2n) is 4.43. The number of hydrogen-bond donors (Lipinski definition) is 1. The summed E-state index contributed by atoms with van der Waals surface area (Å²) in [6, 6.07) is 12.2. The molecule has 0 fully saturated rings. The Labute approximate surface area is 112 Å². The Morgan fingerprint density at radius 3 is 2.89 bits per heavy atom. The lowest BCUT2D eigenvalue weighted by molar-refractivity contribution is 0.592. The zero-order valence-electron chi connectivity index (χ0n) is 10.7. The van der Waals surface area contributed by atoms with Crippen LogP contribution < -0.4 is 5.32 Å². The molecule has 0 atom stereocenters. The number of pyridine rings is 1. The maximum Gasteiger partial charge on any atom is 0.0722 e. The van der Waals surface area contributed by atoms with Crippen molar-refractivity contribution in [1.82, 2.24) is 14.8 Å². The first kappa shape index (κ1) is 11.7. The predicted molar refractivity (Wildman–Crippen MR) is 77.1 cm³/mol. The monoisotopic (exact) mass is 252 g/mol. The van der Waals surface area contributed by atoms with Crippen molar-refractivity contribution in [1.29, 1.82) is 0 Å². The van der Waals surface area contributed by atoms with Crippen LogP contribution in [0.1, 0.15) is 6.42 Å². The first-order chi connectivity index (χ1) is 9.43. The molecule has 0 bridgehead atoms. The zero-order valence-corrected chi connectivity index (χ0v) is 10.7. The molecule has 1 aromatic carbocycles. The maximum atomic E-state index is 4.36. The smallest absolute Gasteiger partial charge is 0.0722 e. The van der Waals surface area contributed by atoms with Crippen LogP contribution in [0.4, 0.5) is 5.69 Å². The Balaban J connectivity index is 1.62. The number of benzene rings is 1. The van der Waals surface area contributed by atoms with E-state index in [0.717, 1.165) is 30.7 Å². The van der Waals surface area contributed by atoms with Crippen molar-refractivity contribution >= 4 is 16.6 Å². The van der Waals surface area contributed by atoms with Crippen molar-refractivity contribution in [3.8, 4) is 0 Å². The van der Waals surface area contributed by atoms with E-state index in [1.165, 1.54) is 5.39 Å². The minimum absolute atomic E-state index is 0.924. The third-order valence-corrected chi connectivity index (χ3v) is 3.09. The molecule has 0 aliphatic carbocycles. The van der Waals surface area contributed by atoms with E-state index in [2.05, 4.69) is 21.5 Å². The first-order valence-electron chi connectivity index (χ1n) is 6.48. The summed E-state index contributed by atoms with van der Waals surface area (Å²) in [4.78, 5) is 4.36. The summed E-state index contributed by atoms with van der Waals surface area (Å²) in [5.41, 5.74) is 2.17. The van der Waals surface area contributed by atoms with E-state index in [0.29, 0.717) is 0 Å². The Morgan fingerprint density at radius 2 is 2.00 bits per heavy atom. The molecule has 0 saturated carbocycles. The van der Waals surface area contributed by atoms with E-state index < -0.39 is 0 Å². The normalized spacial score (nSPS) is 10.7. The molecule has 96 valence electrons. The van der Waals surface area contributed by atoms with Crippen molar-refractivity contribution in [2.24, 2.45) is 0 Å². The van der Waals surface area contributed by atoms with Gasteiger partial charge >= 0.3 is 0 Å². The number of hydrogen-bond acceptors (Lipinski definition) is 3. The largest absolute Gasteiger partial charge is 0.384 e. The molecule has 1 N–H and O–H groups in total. The van der Waals surface area contributed by atoms with Gasteiger partial charge in [0.2, 0.25) is 0 Å². The summed E-state index contributed by atoms with van der Waals surface area (Å²) < 4.78 is 1.95. The van der Waals surface area contributed by atoms with Crippen LogP contribution >= 0.6 is 0 Å². The van der Waals surface area contributed by atoms with Gasteiger partial charge in [0.15, 0.2) is 0 Å². The third kappa shape index (κ3) is 2.73. The maximum absolute atomic E-state index is 4.36. The van der Waals surface area contributed by atoms with Gasteiger partial charge in [-0.15, -0.1) is 0 Å². The van der Waals surface area contributed by atoms with Crippen LogP contribution in [0.15, 0.2) is 55.0 Å². The molecule has 2 heterocycles. The van der Waals surface area contributed by atoms with Crippen LogP contribution in [0, 0.1) is 0 Å². The standard InChI is InChI=1S/C15H16N4/c1-2-6-14-13(5-1)15(7-10-17-14)16-8-3-11-19-12-4-9-18-19/h1-2,4-7,9-10,12H,3,8,11H2,(H,16,17). The summed E-state index contributed by atoms with van der Waals surface area (Å²) in [6.07, 6.45) is 6.68. The number of para-hydroxylation sites is 1. The van der Waals surface area contributed by atoms with Crippen molar-refractivity contribution in [3.05, 3.63) is 55.0 Å². The van der Waals surface area contributed by atoms with Crippen molar-refractivity contribution in [2.45, 2.75) is 13.0 Å². The Kier molecular flexibility index (Phi) is 3.40. The minimum atomic E-state index is 0.924. The average Bonchev–Trinajstić information content (AvgIpc) is 2.97. The molecule has 3 rings (SSSR count). The molecular weight excluding hydrogens is 236 g/mol. The summed E-state index contributed by atoms with van der Waals surface area (Å²) in [6.45, 7) is 1.86. The van der Waals surface area contributed by atoms with Gasteiger partial charge in [-0.25, -0.2) is 0 Å². The summed E-state index contributed by atoms with van der Waals surface area (Å²) in [5, 5.41) is 8.83. The SMILES string of the molecule is c1ccc2c(NCCCn3cccn3)ccnc2c1. The van der Waals surface area contributed by atoms with Gasteiger partial charge in [-0.05, 0) is 24.6 Å². The van der Waals surface area contributed by atoms with E-state index in [9.17, 15) is 0 Å². The third-order valence-electron chi connectivity index (χ3n) is 3.09. The minimum Gasteiger partial charge on any atom is -0.384 e. The fraction of sp³-hybridized carbons (Fsp3) is 0.200. The number of anilines is 1. The van der Waals surface area contributed by atoms with Crippen LogP contribution in [0.2, 0.25) is 0 Å². The Morgan fingerprint density at radius 1 is 1.05 bits per heavy atom. The number of fused-ring (bicyclic) bond motifs is 1.